The topological polar surface area (TPSA) is 254 Å². The first kappa shape index (κ1) is 40.5. The summed E-state index contributed by atoms with van der Waals surface area (Å²) in [5.74, 6) is -5.27. The molecule has 0 aromatic heterocycles. The van der Waals surface area contributed by atoms with Gasteiger partial charge in [-0.15, -0.1) is 20.0 Å². The molecule has 2 atom stereocenters. The maximum atomic E-state index is 12.6. The van der Waals surface area contributed by atoms with E-state index in [1.54, 1.807) is 6.92 Å². The van der Waals surface area contributed by atoms with Gasteiger partial charge in [-0.2, -0.15) is 0 Å². The molecule has 49 heavy (non-hydrogen) atoms. The number of ether oxygens (including phenoxy) is 1. The van der Waals surface area contributed by atoms with E-state index in [0.717, 1.165) is 9.80 Å². The van der Waals surface area contributed by atoms with Gasteiger partial charge in [0.05, 0.1) is 19.4 Å². The molecule has 2 heterocycles. The van der Waals surface area contributed by atoms with Gasteiger partial charge < -0.3 is 31.3 Å². The van der Waals surface area contributed by atoms with Gasteiger partial charge >= 0.3 is 0 Å². The highest BCUT2D eigenvalue weighted by atomic mass is 19.2. The molecule has 274 valence electrons. The van der Waals surface area contributed by atoms with E-state index in [4.69, 9.17) is 4.74 Å². The quantitative estimate of drug-likeness (QED) is 0.0307. The average molecular weight is 704 g/mol. The van der Waals surface area contributed by atoms with Crippen molar-refractivity contribution in [2.75, 3.05) is 52.5 Å². The van der Waals surface area contributed by atoms with Crippen LogP contribution in [0.4, 0.5) is 8.96 Å². The Hall–Kier alpha value is -4.63. The lowest BCUT2D eigenvalue weighted by molar-refractivity contribution is -0.141. The Kier molecular flexibility index (Phi) is 17.7. The summed E-state index contributed by atoms with van der Waals surface area (Å²) >= 11 is 0. The van der Waals surface area contributed by atoms with Gasteiger partial charge in [0.25, 0.3) is 0 Å². The molecule has 0 radical (unpaired) electrons. The molecule has 2 saturated heterocycles. The first-order valence-corrected chi connectivity index (χ1v) is 15.7. The predicted molar refractivity (Wildman–Crippen MR) is 162 cm³/mol. The Morgan fingerprint density at radius 2 is 1.08 bits per heavy atom. The zero-order chi connectivity index (χ0) is 36.3. The third-order valence-electron chi connectivity index (χ3n) is 7.32. The number of nitrogens with zero attached hydrogens (tertiary/aromatic N) is 2. The van der Waals surface area contributed by atoms with Crippen molar-refractivity contribution in [2.45, 2.75) is 70.0 Å². The van der Waals surface area contributed by atoms with E-state index in [1.165, 1.54) is 11.1 Å². The maximum Gasteiger partial charge on any atom is 0.249 e. The van der Waals surface area contributed by atoms with Crippen LogP contribution in [0.5, 0.6) is 0 Å². The second-order valence-corrected chi connectivity index (χ2v) is 11.0. The molecule has 0 aliphatic carbocycles. The summed E-state index contributed by atoms with van der Waals surface area (Å²) in [6.07, 6.45) is -1.70. The average Bonchev–Trinajstić information content (AvgIpc) is 3.50. The lowest BCUT2D eigenvalue weighted by Crippen LogP contribution is -2.44. The third-order valence-corrected chi connectivity index (χ3v) is 7.32. The summed E-state index contributed by atoms with van der Waals surface area (Å²) in [6, 6.07) is -3.43. The fourth-order valence-electron chi connectivity index (χ4n) is 4.79. The van der Waals surface area contributed by atoms with Crippen LogP contribution in [0.2, 0.25) is 0 Å². The minimum atomic E-state index is -1.26. The molecule has 2 aliphatic heterocycles. The Bertz CT molecular complexity index is 1160. The molecule has 0 aromatic carbocycles. The van der Waals surface area contributed by atoms with Gasteiger partial charge in [-0.25, -0.2) is 0 Å². The normalized spacial score (nSPS) is 18.0. The molecule has 9 amide bonds. The highest BCUT2D eigenvalue weighted by Gasteiger charge is 2.39. The van der Waals surface area contributed by atoms with Crippen LogP contribution in [0.1, 0.15) is 51.9 Å². The van der Waals surface area contributed by atoms with Crippen LogP contribution in [0.25, 0.3) is 0 Å². The molecule has 0 saturated carbocycles. The van der Waals surface area contributed by atoms with Crippen LogP contribution < -0.4 is 37.7 Å². The van der Waals surface area contributed by atoms with E-state index in [2.05, 4.69) is 26.6 Å². The van der Waals surface area contributed by atoms with Gasteiger partial charge in [-0.1, -0.05) is 0 Å². The van der Waals surface area contributed by atoms with Crippen molar-refractivity contribution in [3.63, 3.8) is 0 Å². The number of carbonyl (C=O) groups is 9. The molecule has 0 bridgehead atoms. The first-order chi connectivity index (χ1) is 23.4. The van der Waals surface area contributed by atoms with Crippen LogP contribution in [0.15, 0.2) is 0 Å². The molecule has 7 N–H and O–H groups in total. The molecule has 0 aromatic rings. The first-order valence-electron chi connectivity index (χ1n) is 15.7. The van der Waals surface area contributed by atoms with Crippen molar-refractivity contribution in [3.05, 3.63) is 0 Å². The number of imide groups is 2. The fourth-order valence-corrected chi connectivity index (χ4v) is 4.79. The SMILES string of the molecule is CCOCCC(=O)NC(CC(=O)NCCNC(=O)CCN1C(=O)CC(NF)C1=O)CC(=O)NCCNC(=O)CCN1C(=O)CC(NF)C1=O. The summed E-state index contributed by atoms with van der Waals surface area (Å²) in [5.41, 5.74) is 2.49. The molecule has 2 fully saturated rings. The molecular weight excluding hydrogens is 660 g/mol. The van der Waals surface area contributed by atoms with E-state index in [9.17, 15) is 52.1 Å². The highest BCUT2D eigenvalue weighted by molar-refractivity contribution is 6.06. The van der Waals surface area contributed by atoms with Gasteiger partial charge in [0.1, 0.15) is 12.1 Å². The second-order valence-electron chi connectivity index (χ2n) is 11.0. The number of carbonyl (C=O) groups excluding carboxylic acids is 9. The van der Waals surface area contributed by atoms with E-state index < -0.39 is 71.3 Å². The summed E-state index contributed by atoms with van der Waals surface area (Å²) < 4.78 is 30.3. The van der Waals surface area contributed by atoms with Gasteiger partial charge in [0.2, 0.25) is 53.2 Å². The molecular formula is C28H43F2N9O10. The van der Waals surface area contributed by atoms with Crippen molar-refractivity contribution in [2.24, 2.45) is 0 Å². The lowest BCUT2D eigenvalue weighted by Gasteiger charge is -2.19. The number of likely N-dealkylation sites (tertiary alicyclic amines) is 2. The van der Waals surface area contributed by atoms with Crippen LogP contribution >= 0.6 is 0 Å². The monoisotopic (exact) mass is 703 g/mol. The standard InChI is InChI=1S/C28H43F2N9O10/c1-2-49-12-5-22(42)35-17(13-23(43)33-8-6-31-20(40)3-10-38-25(45)15-18(36-29)27(38)47)14-24(44)34-9-7-32-21(41)4-11-39-26(46)16-19(37-30)28(39)48/h17-19,36-37H,2-16H2,1H3,(H,31,40)(H,32,41)(H,33,43)(H,34,44)(H,35,42). The van der Waals surface area contributed by atoms with Gasteiger partial charge in [-0.05, 0) is 6.92 Å². The Morgan fingerprint density at radius 1 is 0.673 bits per heavy atom. The van der Waals surface area contributed by atoms with Crippen molar-refractivity contribution in [1.82, 2.24) is 47.5 Å². The molecule has 2 aliphatic rings. The number of nitrogens with one attached hydrogen (secondary N) is 7. The van der Waals surface area contributed by atoms with Crippen LogP contribution in [-0.2, 0) is 47.9 Å². The highest BCUT2D eigenvalue weighted by Crippen LogP contribution is 2.14. The predicted octanol–water partition coefficient (Wildman–Crippen LogP) is -3.87. The van der Waals surface area contributed by atoms with E-state index >= 15 is 0 Å². The van der Waals surface area contributed by atoms with Crippen molar-refractivity contribution in [1.29, 1.82) is 0 Å². The van der Waals surface area contributed by atoms with E-state index in [1.807, 2.05) is 0 Å². The molecule has 19 nitrogen and oxygen atoms in total. The number of amides is 9. The van der Waals surface area contributed by atoms with Crippen molar-refractivity contribution < 1.29 is 56.9 Å². The minimum Gasteiger partial charge on any atom is -0.381 e. The van der Waals surface area contributed by atoms with Crippen LogP contribution in [-0.4, -0.2) is 134 Å². The summed E-state index contributed by atoms with van der Waals surface area (Å²) in [6.45, 7) is 1.81. The van der Waals surface area contributed by atoms with Gasteiger partial charge in [-0.3, -0.25) is 53.0 Å². The molecule has 0 spiro atoms. The van der Waals surface area contributed by atoms with E-state index in [-0.39, 0.29) is 90.8 Å². The van der Waals surface area contributed by atoms with Crippen LogP contribution in [0, 0.1) is 0 Å². The Morgan fingerprint density at radius 3 is 1.45 bits per heavy atom. The summed E-state index contributed by atoms with van der Waals surface area (Å²) in [4.78, 5) is 111. The zero-order valence-corrected chi connectivity index (χ0v) is 27.1. The minimum absolute atomic E-state index is 0.00128. The second kappa shape index (κ2) is 21.4. The van der Waals surface area contributed by atoms with Crippen molar-refractivity contribution >= 4 is 53.2 Å². The summed E-state index contributed by atoms with van der Waals surface area (Å²) in [7, 11) is 0. The van der Waals surface area contributed by atoms with Gasteiger partial charge in [0.15, 0.2) is 0 Å². The number of halogens is 2. The Labute approximate surface area is 280 Å². The Balaban J connectivity index is 1.71. The summed E-state index contributed by atoms with van der Waals surface area (Å²) in [5, 5.41) is 12.7. The van der Waals surface area contributed by atoms with E-state index in [0.29, 0.717) is 6.61 Å². The third kappa shape index (κ3) is 14.2. The smallest absolute Gasteiger partial charge is 0.249 e. The molecule has 2 unspecified atom stereocenters. The fraction of sp³-hybridized carbons (Fsp3) is 0.679. The van der Waals surface area contributed by atoms with Gasteiger partial charge in [0, 0.05) is 84.0 Å². The number of hydrogen-bond donors (Lipinski definition) is 7. The molecule has 21 heteroatoms. The lowest BCUT2D eigenvalue weighted by atomic mass is 10.1. The van der Waals surface area contributed by atoms with Crippen LogP contribution in [0.3, 0.4) is 0 Å². The molecule has 2 rings (SSSR count). The largest absolute Gasteiger partial charge is 0.381 e. The zero-order valence-electron chi connectivity index (χ0n) is 27.1. The maximum absolute atomic E-state index is 12.6. The number of hydrogen-bond acceptors (Lipinski definition) is 12. The van der Waals surface area contributed by atoms with Crippen molar-refractivity contribution in [3.8, 4) is 0 Å². The number of rotatable bonds is 23.